The molecule has 1 unspecified atom stereocenters. The minimum Gasteiger partial charge on any atom is -0.345 e. The SMILES string of the molecule is O=C(CC(Cc1ccc2ccccc2c1)c1nc(CNC(=O)c2ccc(F)cc2)no1)NO. The van der Waals surface area contributed by atoms with Crippen LogP contribution in [0.5, 0.6) is 0 Å². The summed E-state index contributed by atoms with van der Waals surface area (Å²) < 4.78 is 18.4. The molecule has 1 aromatic heterocycles. The first-order chi connectivity index (χ1) is 16.0. The second-order valence-electron chi connectivity index (χ2n) is 7.56. The molecule has 0 saturated carbocycles. The number of benzene rings is 3. The van der Waals surface area contributed by atoms with Gasteiger partial charge < -0.3 is 9.84 Å². The summed E-state index contributed by atoms with van der Waals surface area (Å²) in [6, 6.07) is 19.1. The molecule has 0 spiro atoms. The van der Waals surface area contributed by atoms with Gasteiger partial charge >= 0.3 is 0 Å². The van der Waals surface area contributed by atoms with Crippen LogP contribution in [0.3, 0.4) is 0 Å². The van der Waals surface area contributed by atoms with Crippen molar-refractivity contribution in [1.82, 2.24) is 20.9 Å². The smallest absolute Gasteiger partial charge is 0.251 e. The van der Waals surface area contributed by atoms with Crippen LogP contribution in [0.2, 0.25) is 0 Å². The summed E-state index contributed by atoms with van der Waals surface area (Å²) in [6.45, 7) is -0.00536. The van der Waals surface area contributed by atoms with Crippen molar-refractivity contribution in [2.24, 2.45) is 0 Å². The summed E-state index contributed by atoms with van der Waals surface area (Å²) in [4.78, 5) is 28.4. The number of carbonyl (C=O) groups is 2. The second-order valence-corrected chi connectivity index (χ2v) is 7.56. The number of amides is 2. The normalized spacial score (nSPS) is 11.8. The van der Waals surface area contributed by atoms with Gasteiger partial charge in [-0.2, -0.15) is 4.98 Å². The number of rotatable bonds is 8. The van der Waals surface area contributed by atoms with Crippen molar-refractivity contribution in [2.45, 2.75) is 25.3 Å². The second kappa shape index (κ2) is 10.0. The highest BCUT2D eigenvalue weighted by molar-refractivity contribution is 5.94. The molecule has 0 saturated heterocycles. The average molecular weight is 448 g/mol. The first-order valence-electron chi connectivity index (χ1n) is 10.3. The van der Waals surface area contributed by atoms with Crippen LogP contribution in [-0.4, -0.2) is 27.2 Å². The number of nitrogens with one attached hydrogen (secondary N) is 2. The number of carbonyl (C=O) groups excluding carboxylic acids is 2. The third-order valence-electron chi connectivity index (χ3n) is 5.20. The number of fused-ring (bicyclic) bond motifs is 1. The molecular weight excluding hydrogens is 427 g/mol. The van der Waals surface area contributed by atoms with Crippen LogP contribution in [-0.2, 0) is 17.8 Å². The largest absolute Gasteiger partial charge is 0.345 e. The summed E-state index contributed by atoms with van der Waals surface area (Å²) in [6.07, 6.45) is 0.370. The Labute approximate surface area is 188 Å². The van der Waals surface area contributed by atoms with Crippen LogP contribution in [0.1, 0.15) is 40.0 Å². The molecule has 1 heterocycles. The van der Waals surface area contributed by atoms with Gasteiger partial charge in [0, 0.05) is 12.0 Å². The first kappa shape index (κ1) is 22.1. The van der Waals surface area contributed by atoms with Crippen LogP contribution in [0, 0.1) is 5.82 Å². The topological polar surface area (TPSA) is 117 Å². The summed E-state index contributed by atoms with van der Waals surface area (Å²) >= 11 is 0. The predicted octanol–water partition coefficient (Wildman–Crippen LogP) is 3.51. The molecule has 4 rings (SSSR count). The third-order valence-corrected chi connectivity index (χ3v) is 5.20. The summed E-state index contributed by atoms with van der Waals surface area (Å²) in [5, 5.41) is 17.7. The molecule has 0 radical (unpaired) electrons. The van der Waals surface area contributed by atoms with Gasteiger partial charge in [0.05, 0.1) is 12.5 Å². The van der Waals surface area contributed by atoms with E-state index < -0.39 is 23.5 Å². The Kier molecular flexibility index (Phi) is 6.70. The van der Waals surface area contributed by atoms with Crippen molar-refractivity contribution in [3.63, 3.8) is 0 Å². The van der Waals surface area contributed by atoms with Gasteiger partial charge in [-0.3, -0.25) is 14.8 Å². The molecule has 0 fully saturated rings. The highest BCUT2D eigenvalue weighted by Crippen LogP contribution is 2.25. The van der Waals surface area contributed by atoms with Crippen LogP contribution in [0.4, 0.5) is 4.39 Å². The van der Waals surface area contributed by atoms with Crippen LogP contribution >= 0.6 is 0 Å². The molecular formula is C24H21FN4O4. The van der Waals surface area contributed by atoms with Crippen molar-refractivity contribution in [2.75, 3.05) is 0 Å². The quantitative estimate of drug-likeness (QED) is 0.281. The molecule has 9 heteroatoms. The fraction of sp³-hybridized carbons (Fsp3) is 0.167. The number of hydrogen-bond donors (Lipinski definition) is 3. The van der Waals surface area contributed by atoms with E-state index in [9.17, 15) is 14.0 Å². The number of hydroxylamine groups is 1. The van der Waals surface area contributed by atoms with E-state index in [0.717, 1.165) is 16.3 Å². The summed E-state index contributed by atoms with van der Waals surface area (Å²) in [5.41, 5.74) is 2.90. The fourth-order valence-electron chi connectivity index (χ4n) is 3.53. The lowest BCUT2D eigenvalue weighted by atomic mass is 9.94. The maximum absolute atomic E-state index is 13.0. The van der Waals surface area contributed by atoms with Gasteiger partial charge in [0.1, 0.15) is 5.82 Å². The van der Waals surface area contributed by atoms with Crippen molar-refractivity contribution < 1.29 is 23.7 Å². The Morgan fingerprint density at radius 2 is 1.79 bits per heavy atom. The molecule has 1 atom stereocenters. The number of halogens is 1. The van der Waals surface area contributed by atoms with E-state index in [1.165, 1.54) is 24.3 Å². The Bertz CT molecular complexity index is 1270. The summed E-state index contributed by atoms with van der Waals surface area (Å²) in [5.74, 6) is -1.45. The predicted molar refractivity (Wildman–Crippen MR) is 117 cm³/mol. The van der Waals surface area contributed by atoms with Gasteiger partial charge in [0.2, 0.25) is 11.8 Å². The van der Waals surface area contributed by atoms with Gasteiger partial charge in [0.25, 0.3) is 5.91 Å². The molecule has 3 aromatic carbocycles. The van der Waals surface area contributed by atoms with Crippen LogP contribution in [0.25, 0.3) is 10.8 Å². The highest BCUT2D eigenvalue weighted by Gasteiger charge is 2.23. The molecule has 4 aromatic rings. The van der Waals surface area contributed by atoms with E-state index in [0.29, 0.717) is 12.0 Å². The van der Waals surface area contributed by atoms with Crippen molar-refractivity contribution in [1.29, 1.82) is 0 Å². The molecule has 0 aliphatic rings. The van der Waals surface area contributed by atoms with E-state index in [4.69, 9.17) is 9.73 Å². The lowest BCUT2D eigenvalue weighted by Crippen LogP contribution is -2.23. The average Bonchev–Trinajstić information content (AvgIpc) is 3.31. The molecule has 0 bridgehead atoms. The van der Waals surface area contributed by atoms with E-state index in [-0.39, 0.29) is 24.7 Å². The number of hydrogen-bond acceptors (Lipinski definition) is 6. The summed E-state index contributed by atoms with van der Waals surface area (Å²) in [7, 11) is 0. The Morgan fingerprint density at radius 3 is 2.55 bits per heavy atom. The van der Waals surface area contributed by atoms with Gasteiger partial charge in [-0.15, -0.1) is 0 Å². The van der Waals surface area contributed by atoms with Crippen molar-refractivity contribution in [3.8, 4) is 0 Å². The van der Waals surface area contributed by atoms with E-state index in [1.54, 1.807) is 5.48 Å². The fourth-order valence-corrected chi connectivity index (χ4v) is 3.53. The molecule has 8 nitrogen and oxygen atoms in total. The minimum atomic E-state index is -0.579. The molecule has 3 N–H and O–H groups in total. The molecule has 0 aliphatic carbocycles. The minimum absolute atomic E-state index is 0.00536. The van der Waals surface area contributed by atoms with E-state index in [1.807, 2.05) is 42.5 Å². The molecule has 33 heavy (non-hydrogen) atoms. The molecule has 2 amide bonds. The van der Waals surface area contributed by atoms with Crippen LogP contribution in [0.15, 0.2) is 71.3 Å². The molecule has 0 aliphatic heterocycles. The zero-order valence-corrected chi connectivity index (χ0v) is 17.5. The highest BCUT2D eigenvalue weighted by atomic mass is 19.1. The van der Waals surface area contributed by atoms with E-state index >= 15 is 0 Å². The Morgan fingerprint density at radius 1 is 1.03 bits per heavy atom. The monoisotopic (exact) mass is 448 g/mol. The zero-order chi connectivity index (χ0) is 23.2. The van der Waals surface area contributed by atoms with Gasteiger partial charge in [-0.05, 0) is 47.0 Å². The Hall–Kier alpha value is -4.11. The maximum atomic E-state index is 13.0. The van der Waals surface area contributed by atoms with Gasteiger partial charge in [-0.1, -0.05) is 47.6 Å². The molecule has 168 valence electrons. The standard InChI is InChI=1S/C24H21FN4O4/c25-20-9-7-17(8-10-20)23(31)26-14-21-27-24(33-29-21)19(13-22(30)28-32)12-15-5-6-16-3-1-2-4-18(16)11-15/h1-11,19,32H,12-14H2,(H,26,31)(H,28,30). The first-order valence-corrected chi connectivity index (χ1v) is 10.3. The Balaban J connectivity index is 1.47. The van der Waals surface area contributed by atoms with Crippen molar-refractivity contribution >= 4 is 22.6 Å². The van der Waals surface area contributed by atoms with E-state index in [2.05, 4.69) is 15.5 Å². The van der Waals surface area contributed by atoms with Gasteiger partial charge in [-0.25, -0.2) is 9.87 Å². The van der Waals surface area contributed by atoms with Gasteiger partial charge in [0.15, 0.2) is 5.82 Å². The third kappa shape index (κ3) is 5.58. The zero-order valence-electron chi connectivity index (χ0n) is 17.5. The maximum Gasteiger partial charge on any atom is 0.251 e. The lowest BCUT2D eigenvalue weighted by Gasteiger charge is -2.12. The van der Waals surface area contributed by atoms with Crippen LogP contribution < -0.4 is 10.8 Å². The number of aromatic nitrogens is 2. The number of nitrogens with zero attached hydrogens (tertiary/aromatic N) is 2. The lowest BCUT2D eigenvalue weighted by molar-refractivity contribution is -0.129. The van der Waals surface area contributed by atoms with Crippen molar-refractivity contribution in [3.05, 3.63) is 95.4 Å².